The molecule has 0 radical (unpaired) electrons. The molecule has 0 spiro atoms. The Morgan fingerprint density at radius 3 is 2.66 bits per heavy atom. The average molecular weight is 393 g/mol. The van der Waals surface area contributed by atoms with Crippen LogP contribution in [0.1, 0.15) is 33.1 Å². The summed E-state index contributed by atoms with van der Waals surface area (Å²) in [7, 11) is 0. The van der Waals surface area contributed by atoms with Gasteiger partial charge in [-0.05, 0) is 49.3 Å². The number of piperazine rings is 1. The number of hydrogen-bond acceptors (Lipinski definition) is 4. The molecule has 5 rings (SSSR count). The highest BCUT2D eigenvalue weighted by molar-refractivity contribution is 5.76. The Bertz CT molecular complexity index is 838. The van der Waals surface area contributed by atoms with Crippen molar-refractivity contribution in [2.75, 3.05) is 37.6 Å². The molecule has 0 N–H and O–H groups in total. The van der Waals surface area contributed by atoms with E-state index in [0.717, 1.165) is 45.6 Å². The first-order valence-corrected chi connectivity index (χ1v) is 11.2. The van der Waals surface area contributed by atoms with Crippen LogP contribution in [0.4, 0.5) is 5.69 Å². The second kappa shape index (κ2) is 7.32. The van der Waals surface area contributed by atoms with Gasteiger partial charge in [0.2, 0.25) is 0 Å². The first kappa shape index (κ1) is 18.9. The predicted octanol–water partition coefficient (Wildman–Crippen LogP) is 4.04. The summed E-state index contributed by atoms with van der Waals surface area (Å²) in [6, 6.07) is 10.6. The lowest BCUT2D eigenvalue weighted by Crippen LogP contribution is -2.49. The van der Waals surface area contributed by atoms with E-state index in [1.54, 1.807) is 0 Å². The van der Waals surface area contributed by atoms with Crippen LogP contribution in [0.25, 0.3) is 0 Å². The zero-order valence-corrected chi connectivity index (χ0v) is 17.6. The third-order valence-electron chi connectivity index (χ3n) is 7.65. The van der Waals surface area contributed by atoms with E-state index in [2.05, 4.69) is 66.1 Å². The Labute approximate surface area is 174 Å². The number of ether oxygens (including phenoxy) is 1. The molecular weight excluding hydrogens is 360 g/mol. The monoisotopic (exact) mass is 392 g/mol. The molecule has 2 aliphatic carbocycles. The molecule has 1 aromatic carbocycles. The summed E-state index contributed by atoms with van der Waals surface area (Å²) in [5.41, 5.74) is 4.36. The number of para-hydroxylation sites is 1. The van der Waals surface area contributed by atoms with E-state index in [4.69, 9.17) is 4.74 Å². The van der Waals surface area contributed by atoms with Crippen molar-refractivity contribution in [3.05, 3.63) is 53.6 Å². The van der Waals surface area contributed by atoms with Gasteiger partial charge in [-0.2, -0.15) is 0 Å². The van der Waals surface area contributed by atoms with Gasteiger partial charge in [-0.15, -0.1) is 0 Å². The molecule has 4 atom stereocenters. The summed E-state index contributed by atoms with van der Waals surface area (Å²) >= 11 is 0. The van der Waals surface area contributed by atoms with Gasteiger partial charge in [0.15, 0.2) is 0 Å². The van der Waals surface area contributed by atoms with E-state index < -0.39 is 0 Å². The molecule has 0 bridgehead atoms. The van der Waals surface area contributed by atoms with Gasteiger partial charge in [-0.25, -0.2) is 0 Å². The van der Waals surface area contributed by atoms with E-state index in [0.29, 0.717) is 0 Å². The molecular formula is C25H32N2O2. The normalized spacial score (nSPS) is 34.8. The Hall–Kier alpha value is -2.07. The second-order valence-corrected chi connectivity index (χ2v) is 9.55. The second-order valence-electron chi connectivity index (χ2n) is 9.55. The van der Waals surface area contributed by atoms with Gasteiger partial charge in [0, 0.05) is 44.3 Å². The third-order valence-corrected chi connectivity index (χ3v) is 7.65. The molecule has 0 saturated carbocycles. The summed E-state index contributed by atoms with van der Waals surface area (Å²) in [5.74, 6) is 0.237. The SMILES string of the molecule is CC1=CCC[C@@]2(C)C[C@H]3OC(=O)[C@@H](CN4CCN(c5ccccc5)CC4)[C@@H]3C=C12. The number of rotatable bonds is 3. The molecule has 154 valence electrons. The fourth-order valence-corrected chi connectivity index (χ4v) is 5.94. The van der Waals surface area contributed by atoms with Gasteiger partial charge < -0.3 is 9.64 Å². The minimum absolute atomic E-state index is 0.0185. The summed E-state index contributed by atoms with van der Waals surface area (Å²) < 4.78 is 5.92. The maximum atomic E-state index is 12.8. The van der Waals surface area contributed by atoms with Crippen molar-refractivity contribution < 1.29 is 9.53 Å². The van der Waals surface area contributed by atoms with Gasteiger partial charge in [0.05, 0.1) is 5.92 Å². The van der Waals surface area contributed by atoms with Gasteiger partial charge in [0.1, 0.15) is 6.10 Å². The number of nitrogens with zero attached hydrogens (tertiary/aromatic N) is 2. The Morgan fingerprint density at radius 2 is 1.90 bits per heavy atom. The molecule has 4 heteroatoms. The molecule has 2 fully saturated rings. The number of carbonyl (C=O) groups is 1. The quantitative estimate of drug-likeness (QED) is 0.727. The number of allylic oxidation sites excluding steroid dienone is 3. The minimum Gasteiger partial charge on any atom is -0.461 e. The zero-order valence-electron chi connectivity index (χ0n) is 17.6. The lowest BCUT2D eigenvalue weighted by molar-refractivity contribution is -0.145. The number of carbonyl (C=O) groups excluding carboxylic acids is 1. The van der Waals surface area contributed by atoms with Crippen molar-refractivity contribution in [1.29, 1.82) is 0 Å². The van der Waals surface area contributed by atoms with Crippen LogP contribution in [0, 0.1) is 17.3 Å². The van der Waals surface area contributed by atoms with Crippen LogP contribution in [-0.2, 0) is 9.53 Å². The number of esters is 1. The van der Waals surface area contributed by atoms with Crippen molar-refractivity contribution >= 4 is 11.7 Å². The first-order chi connectivity index (χ1) is 14.0. The molecule has 2 aliphatic heterocycles. The summed E-state index contributed by atoms with van der Waals surface area (Å²) in [4.78, 5) is 17.7. The highest BCUT2D eigenvalue weighted by Gasteiger charge is 2.51. The van der Waals surface area contributed by atoms with Gasteiger partial charge in [0.25, 0.3) is 0 Å². The highest BCUT2D eigenvalue weighted by Crippen LogP contribution is 2.52. The largest absolute Gasteiger partial charge is 0.461 e. The van der Waals surface area contributed by atoms with E-state index in [-0.39, 0.29) is 29.3 Å². The molecule has 2 heterocycles. The standard InChI is InChI=1S/C25H32N2O2/c1-18-7-6-10-25(2)16-23-20(15-22(18)25)21(24(28)29-23)17-26-11-13-27(14-12-26)19-8-4-3-5-9-19/h3-5,7-9,15,20-21,23H,6,10-14,16-17H2,1-2H3/t20-,21-,23+,25-/m0/s1. The smallest absolute Gasteiger partial charge is 0.311 e. The topological polar surface area (TPSA) is 32.8 Å². The lowest BCUT2D eigenvalue weighted by atomic mass is 9.62. The van der Waals surface area contributed by atoms with E-state index in [9.17, 15) is 4.79 Å². The fourth-order valence-electron chi connectivity index (χ4n) is 5.94. The van der Waals surface area contributed by atoms with Crippen LogP contribution < -0.4 is 4.90 Å². The van der Waals surface area contributed by atoms with E-state index in [1.165, 1.54) is 23.3 Å². The number of fused-ring (bicyclic) bond motifs is 2. The van der Waals surface area contributed by atoms with E-state index >= 15 is 0 Å². The Kier molecular flexibility index (Phi) is 4.78. The van der Waals surface area contributed by atoms with Crippen molar-refractivity contribution in [2.45, 2.75) is 39.2 Å². The van der Waals surface area contributed by atoms with Crippen LogP contribution in [0.3, 0.4) is 0 Å². The fraction of sp³-hybridized carbons (Fsp3) is 0.560. The molecule has 4 aliphatic rings. The van der Waals surface area contributed by atoms with Gasteiger partial charge in [-0.1, -0.05) is 42.8 Å². The van der Waals surface area contributed by atoms with Crippen LogP contribution in [0.5, 0.6) is 0 Å². The number of hydrogen-bond donors (Lipinski definition) is 0. The maximum absolute atomic E-state index is 12.8. The van der Waals surface area contributed by atoms with Crippen molar-refractivity contribution in [1.82, 2.24) is 4.90 Å². The Morgan fingerprint density at radius 1 is 1.14 bits per heavy atom. The lowest BCUT2D eigenvalue weighted by Gasteiger charge is -2.43. The van der Waals surface area contributed by atoms with Crippen LogP contribution >= 0.6 is 0 Å². The van der Waals surface area contributed by atoms with Crippen molar-refractivity contribution in [3.63, 3.8) is 0 Å². The average Bonchev–Trinajstić information content (AvgIpc) is 3.01. The minimum atomic E-state index is -0.0185. The molecule has 2 saturated heterocycles. The molecule has 4 nitrogen and oxygen atoms in total. The van der Waals surface area contributed by atoms with Gasteiger partial charge in [-0.3, -0.25) is 9.69 Å². The maximum Gasteiger partial charge on any atom is 0.311 e. The van der Waals surface area contributed by atoms with Crippen LogP contribution in [0.15, 0.2) is 53.6 Å². The number of benzene rings is 1. The first-order valence-electron chi connectivity index (χ1n) is 11.2. The van der Waals surface area contributed by atoms with Crippen molar-refractivity contribution in [3.8, 4) is 0 Å². The number of anilines is 1. The van der Waals surface area contributed by atoms with Gasteiger partial charge >= 0.3 is 5.97 Å². The molecule has 1 aromatic rings. The van der Waals surface area contributed by atoms with Crippen molar-refractivity contribution in [2.24, 2.45) is 17.3 Å². The molecule has 0 unspecified atom stereocenters. The van der Waals surface area contributed by atoms with E-state index in [1.807, 2.05) is 0 Å². The molecule has 29 heavy (non-hydrogen) atoms. The highest BCUT2D eigenvalue weighted by atomic mass is 16.6. The van der Waals surface area contributed by atoms with Crippen LogP contribution in [0.2, 0.25) is 0 Å². The molecule has 0 aromatic heterocycles. The zero-order chi connectivity index (χ0) is 20.0. The van der Waals surface area contributed by atoms with Crippen LogP contribution in [-0.4, -0.2) is 49.7 Å². The summed E-state index contributed by atoms with van der Waals surface area (Å²) in [5, 5.41) is 0. The Balaban J connectivity index is 1.28. The summed E-state index contributed by atoms with van der Waals surface area (Å²) in [6.07, 6.45) is 8.14. The third kappa shape index (κ3) is 3.42. The predicted molar refractivity (Wildman–Crippen MR) is 116 cm³/mol. The summed E-state index contributed by atoms with van der Waals surface area (Å²) in [6.45, 7) is 9.45. The molecule has 0 amide bonds.